The Morgan fingerprint density at radius 2 is 2.09 bits per heavy atom. The van der Waals surface area contributed by atoms with Gasteiger partial charge in [-0.2, -0.15) is 0 Å². The molecule has 1 fully saturated rings. The normalized spacial score (nSPS) is 27.6. The fraction of sp³-hybridized carbons (Fsp3) is 0.778. The molecule has 0 aromatic rings. The highest BCUT2D eigenvalue weighted by Crippen LogP contribution is 2.37. The molecule has 1 aliphatic carbocycles. The molecule has 0 bridgehead atoms. The Morgan fingerprint density at radius 3 is 2.82 bits per heavy atom. The number of likely N-dealkylation sites (tertiary alicyclic amines) is 1. The average molecular weight is 306 g/mol. The highest BCUT2D eigenvalue weighted by atomic mass is 16.2. The summed E-state index contributed by atoms with van der Waals surface area (Å²) in [6.07, 6.45) is 10.2. The van der Waals surface area contributed by atoms with Gasteiger partial charge in [-0.1, -0.05) is 38.8 Å². The lowest BCUT2D eigenvalue weighted by atomic mass is 9.71. The molecule has 1 aliphatic heterocycles. The van der Waals surface area contributed by atoms with Gasteiger partial charge in [-0.25, -0.2) is 0 Å². The Bertz CT molecular complexity index is 419. The van der Waals surface area contributed by atoms with Crippen LogP contribution in [0, 0.1) is 17.8 Å². The van der Waals surface area contributed by atoms with Crippen LogP contribution in [0.1, 0.15) is 52.4 Å². The number of carbonyl (C=O) groups excluding carboxylic acids is 2. The lowest BCUT2D eigenvalue weighted by Gasteiger charge is -2.41. The second kappa shape index (κ2) is 8.35. The molecule has 2 amide bonds. The quantitative estimate of drug-likeness (QED) is 0.581. The molecule has 0 radical (unpaired) electrons. The summed E-state index contributed by atoms with van der Waals surface area (Å²) in [4.78, 5) is 27.3. The van der Waals surface area contributed by atoms with E-state index in [9.17, 15) is 9.59 Å². The first-order valence-electron chi connectivity index (χ1n) is 8.92. The molecule has 0 aromatic carbocycles. The van der Waals surface area contributed by atoms with Gasteiger partial charge in [-0.3, -0.25) is 9.59 Å². The first kappa shape index (κ1) is 17.0. The van der Waals surface area contributed by atoms with Crippen LogP contribution in [-0.2, 0) is 9.59 Å². The Kier molecular flexibility index (Phi) is 6.47. The Hall–Kier alpha value is -1.32. The van der Waals surface area contributed by atoms with Gasteiger partial charge >= 0.3 is 0 Å². The minimum absolute atomic E-state index is 0.0680. The molecule has 1 N–H and O–H groups in total. The molecule has 2 rings (SSSR count). The standard InChI is InChI=1S/C18H30N2O2/c1-3-5-11-19-17(21)15-9-7-8-14-10-13-20(12-6-4-2)18(22)16(14)15/h7-8,14-16H,3-6,9-13H2,1-2H3,(H,19,21)/t14-,15-,16+/m0/s1. The van der Waals surface area contributed by atoms with Crippen molar-refractivity contribution >= 4 is 11.8 Å². The van der Waals surface area contributed by atoms with E-state index in [1.807, 2.05) is 4.90 Å². The predicted octanol–water partition coefficient (Wildman–Crippen LogP) is 2.74. The second-order valence-corrected chi connectivity index (χ2v) is 6.57. The van der Waals surface area contributed by atoms with Gasteiger partial charge in [0.1, 0.15) is 0 Å². The molecule has 0 spiro atoms. The SMILES string of the molecule is CCCCNC(=O)[C@H]1CC=C[C@H]2CCN(CCCC)C(=O)[C@@H]12. The summed E-state index contributed by atoms with van der Waals surface area (Å²) in [7, 11) is 0. The lowest BCUT2D eigenvalue weighted by molar-refractivity contribution is -0.147. The van der Waals surface area contributed by atoms with E-state index < -0.39 is 0 Å². The molecule has 0 saturated carbocycles. The van der Waals surface area contributed by atoms with Crippen LogP contribution >= 0.6 is 0 Å². The molecule has 4 nitrogen and oxygen atoms in total. The monoisotopic (exact) mass is 306 g/mol. The number of carbonyl (C=O) groups is 2. The van der Waals surface area contributed by atoms with Gasteiger partial charge in [0.2, 0.25) is 11.8 Å². The Morgan fingerprint density at radius 1 is 1.32 bits per heavy atom. The van der Waals surface area contributed by atoms with Crippen LogP contribution in [-0.4, -0.2) is 36.3 Å². The third-order valence-corrected chi connectivity index (χ3v) is 4.95. The number of amides is 2. The number of hydrogen-bond acceptors (Lipinski definition) is 2. The minimum atomic E-state index is -0.177. The summed E-state index contributed by atoms with van der Waals surface area (Å²) in [5, 5.41) is 3.02. The highest BCUT2D eigenvalue weighted by Gasteiger charge is 2.44. The minimum Gasteiger partial charge on any atom is -0.356 e. The number of piperidine rings is 1. The summed E-state index contributed by atoms with van der Waals surface area (Å²) < 4.78 is 0. The van der Waals surface area contributed by atoms with E-state index in [-0.39, 0.29) is 29.6 Å². The van der Waals surface area contributed by atoms with Crippen LogP contribution in [0.25, 0.3) is 0 Å². The van der Waals surface area contributed by atoms with Gasteiger partial charge in [-0.15, -0.1) is 0 Å². The second-order valence-electron chi connectivity index (χ2n) is 6.57. The Labute approximate surface area is 134 Å². The van der Waals surface area contributed by atoms with Crippen LogP contribution in [0.2, 0.25) is 0 Å². The zero-order chi connectivity index (χ0) is 15.9. The van der Waals surface area contributed by atoms with Gasteiger partial charge < -0.3 is 10.2 Å². The summed E-state index contributed by atoms with van der Waals surface area (Å²) in [6.45, 7) is 6.66. The number of allylic oxidation sites excluding steroid dienone is 2. The number of hydrogen-bond donors (Lipinski definition) is 1. The first-order valence-corrected chi connectivity index (χ1v) is 8.92. The molecule has 1 heterocycles. The van der Waals surface area contributed by atoms with Gasteiger partial charge in [0.25, 0.3) is 0 Å². The van der Waals surface area contributed by atoms with Crippen molar-refractivity contribution in [1.29, 1.82) is 0 Å². The maximum atomic E-state index is 12.8. The lowest BCUT2D eigenvalue weighted by Crippen LogP contribution is -2.52. The van der Waals surface area contributed by atoms with Crippen molar-refractivity contribution in [3.05, 3.63) is 12.2 Å². The van der Waals surface area contributed by atoms with E-state index in [1.165, 1.54) is 0 Å². The summed E-state index contributed by atoms with van der Waals surface area (Å²) in [5.74, 6) is 0.199. The largest absolute Gasteiger partial charge is 0.356 e. The van der Waals surface area contributed by atoms with Crippen molar-refractivity contribution in [2.75, 3.05) is 19.6 Å². The molecule has 1 saturated heterocycles. The number of fused-ring (bicyclic) bond motifs is 1. The van der Waals surface area contributed by atoms with Crippen LogP contribution in [0.4, 0.5) is 0 Å². The predicted molar refractivity (Wildman–Crippen MR) is 88.2 cm³/mol. The molecule has 2 aliphatic rings. The zero-order valence-electron chi connectivity index (χ0n) is 14.0. The molecular formula is C18H30N2O2. The van der Waals surface area contributed by atoms with Crippen LogP contribution in [0.5, 0.6) is 0 Å². The van der Waals surface area contributed by atoms with E-state index in [2.05, 4.69) is 31.3 Å². The van der Waals surface area contributed by atoms with Gasteiger partial charge in [0.05, 0.1) is 11.8 Å². The van der Waals surface area contributed by atoms with Crippen LogP contribution in [0.15, 0.2) is 12.2 Å². The molecule has 0 aromatic heterocycles. The highest BCUT2D eigenvalue weighted by molar-refractivity contribution is 5.89. The third kappa shape index (κ3) is 3.90. The van der Waals surface area contributed by atoms with E-state index >= 15 is 0 Å². The number of nitrogens with zero attached hydrogens (tertiary/aromatic N) is 1. The number of unbranched alkanes of at least 4 members (excludes halogenated alkanes) is 2. The Balaban J connectivity index is 2.03. The van der Waals surface area contributed by atoms with E-state index in [0.29, 0.717) is 6.42 Å². The summed E-state index contributed by atoms with van der Waals surface area (Å²) in [6, 6.07) is 0. The number of nitrogens with one attached hydrogen (secondary N) is 1. The number of rotatable bonds is 7. The molecule has 3 atom stereocenters. The van der Waals surface area contributed by atoms with Gasteiger partial charge in [-0.05, 0) is 31.6 Å². The summed E-state index contributed by atoms with van der Waals surface area (Å²) in [5.41, 5.74) is 0. The average Bonchev–Trinajstić information content (AvgIpc) is 2.54. The van der Waals surface area contributed by atoms with Crippen LogP contribution < -0.4 is 5.32 Å². The maximum absolute atomic E-state index is 12.8. The fourth-order valence-corrected chi connectivity index (χ4v) is 3.58. The van der Waals surface area contributed by atoms with Crippen molar-refractivity contribution in [2.24, 2.45) is 17.8 Å². The van der Waals surface area contributed by atoms with Crippen molar-refractivity contribution in [2.45, 2.75) is 52.4 Å². The summed E-state index contributed by atoms with van der Waals surface area (Å²) >= 11 is 0. The van der Waals surface area contributed by atoms with E-state index in [0.717, 1.165) is 51.7 Å². The zero-order valence-corrected chi connectivity index (χ0v) is 14.0. The molecular weight excluding hydrogens is 276 g/mol. The molecule has 0 unspecified atom stereocenters. The topological polar surface area (TPSA) is 49.4 Å². The van der Waals surface area contributed by atoms with Gasteiger partial charge in [0, 0.05) is 19.6 Å². The smallest absolute Gasteiger partial charge is 0.227 e. The van der Waals surface area contributed by atoms with Crippen molar-refractivity contribution < 1.29 is 9.59 Å². The van der Waals surface area contributed by atoms with Crippen LogP contribution in [0.3, 0.4) is 0 Å². The van der Waals surface area contributed by atoms with Crippen molar-refractivity contribution in [1.82, 2.24) is 10.2 Å². The van der Waals surface area contributed by atoms with E-state index in [4.69, 9.17) is 0 Å². The third-order valence-electron chi connectivity index (χ3n) is 4.95. The molecule has 4 heteroatoms. The van der Waals surface area contributed by atoms with E-state index in [1.54, 1.807) is 0 Å². The molecule has 22 heavy (non-hydrogen) atoms. The van der Waals surface area contributed by atoms with Crippen molar-refractivity contribution in [3.63, 3.8) is 0 Å². The van der Waals surface area contributed by atoms with Crippen molar-refractivity contribution in [3.8, 4) is 0 Å². The molecule has 124 valence electrons. The maximum Gasteiger partial charge on any atom is 0.227 e. The fourth-order valence-electron chi connectivity index (χ4n) is 3.58. The van der Waals surface area contributed by atoms with Gasteiger partial charge in [0.15, 0.2) is 0 Å². The first-order chi connectivity index (χ1) is 10.7.